The summed E-state index contributed by atoms with van der Waals surface area (Å²) >= 11 is 0. The second-order valence-corrected chi connectivity index (χ2v) is 5.28. The first-order chi connectivity index (χ1) is 12.4. The van der Waals surface area contributed by atoms with Crippen molar-refractivity contribution in [2.24, 2.45) is 0 Å². The van der Waals surface area contributed by atoms with Crippen LogP contribution >= 0.6 is 0 Å². The lowest BCUT2D eigenvalue weighted by molar-refractivity contribution is -0.385. The summed E-state index contributed by atoms with van der Waals surface area (Å²) in [5.74, 6) is -2.54. The number of hydrogen-bond donors (Lipinski definition) is 1. The summed E-state index contributed by atoms with van der Waals surface area (Å²) in [5.41, 5.74) is 0.301. The molecule has 2 aromatic rings. The van der Waals surface area contributed by atoms with E-state index < -0.39 is 22.5 Å². The van der Waals surface area contributed by atoms with E-state index in [1.807, 2.05) is 6.92 Å². The van der Waals surface area contributed by atoms with Gasteiger partial charge in [0, 0.05) is 23.9 Å². The molecule has 0 radical (unpaired) electrons. The molecule has 0 heterocycles. The van der Waals surface area contributed by atoms with Gasteiger partial charge in [-0.25, -0.2) is 8.78 Å². The molecule has 1 amide bonds. The number of hydrogen-bond acceptors (Lipinski definition) is 4. The molecule has 0 aromatic heterocycles. The molecule has 2 aromatic carbocycles. The topological polar surface area (TPSA) is 81.5 Å². The van der Waals surface area contributed by atoms with Crippen LogP contribution in [-0.4, -0.2) is 17.4 Å². The number of nitrogens with one attached hydrogen (secondary N) is 1. The van der Waals surface area contributed by atoms with Gasteiger partial charge in [0.1, 0.15) is 0 Å². The summed E-state index contributed by atoms with van der Waals surface area (Å²) in [4.78, 5) is 22.4. The zero-order chi connectivity index (χ0) is 19.1. The fraction of sp³-hybridized carbons (Fsp3) is 0.167. The van der Waals surface area contributed by atoms with Crippen molar-refractivity contribution in [2.75, 3.05) is 11.9 Å². The molecule has 0 atom stereocenters. The summed E-state index contributed by atoms with van der Waals surface area (Å²) in [6.45, 7) is 2.24. The average Bonchev–Trinajstić information content (AvgIpc) is 2.61. The van der Waals surface area contributed by atoms with Crippen molar-refractivity contribution in [3.05, 3.63) is 69.8 Å². The van der Waals surface area contributed by atoms with Crippen LogP contribution in [0.25, 0.3) is 6.08 Å². The van der Waals surface area contributed by atoms with Gasteiger partial charge in [-0.05, 0) is 36.3 Å². The minimum Gasteiger partial charge on any atom is -0.487 e. The molecule has 8 heteroatoms. The molecular weight excluding hydrogens is 346 g/mol. The summed E-state index contributed by atoms with van der Waals surface area (Å²) in [6, 6.07) is 7.28. The van der Waals surface area contributed by atoms with Crippen molar-refractivity contribution < 1.29 is 23.2 Å². The maximum absolute atomic E-state index is 13.1. The standard InChI is InChI=1S/C18H16F2N2O4/c1-2-9-26-17-7-3-12(10-16(17)22(24)25)4-8-18(23)21-13-5-6-14(19)15(20)11-13/h3-8,10-11H,2,9H2,1H3,(H,21,23)/b8-4+. The number of carbonyl (C=O) groups is 1. The Balaban J connectivity index is 2.11. The van der Waals surface area contributed by atoms with Crippen molar-refractivity contribution in [1.29, 1.82) is 0 Å². The molecule has 2 rings (SSSR count). The zero-order valence-electron chi connectivity index (χ0n) is 13.9. The Hall–Kier alpha value is -3.29. The summed E-state index contributed by atoms with van der Waals surface area (Å²) in [7, 11) is 0. The number of halogens is 2. The Kier molecular flexibility index (Phi) is 6.37. The summed E-state index contributed by atoms with van der Waals surface area (Å²) < 4.78 is 31.3. The second kappa shape index (κ2) is 8.70. The van der Waals surface area contributed by atoms with E-state index in [-0.39, 0.29) is 17.1 Å². The van der Waals surface area contributed by atoms with Crippen LogP contribution in [0.1, 0.15) is 18.9 Å². The number of anilines is 1. The highest BCUT2D eigenvalue weighted by Crippen LogP contribution is 2.28. The molecule has 0 aliphatic rings. The van der Waals surface area contributed by atoms with Gasteiger partial charge >= 0.3 is 5.69 Å². The van der Waals surface area contributed by atoms with E-state index in [2.05, 4.69) is 5.32 Å². The molecule has 0 unspecified atom stereocenters. The van der Waals surface area contributed by atoms with Gasteiger partial charge in [0.15, 0.2) is 17.4 Å². The second-order valence-electron chi connectivity index (χ2n) is 5.28. The van der Waals surface area contributed by atoms with Gasteiger partial charge in [-0.3, -0.25) is 14.9 Å². The fourth-order valence-electron chi connectivity index (χ4n) is 2.04. The van der Waals surface area contributed by atoms with Crippen molar-refractivity contribution in [1.82, 2.24) is 0 Å². The van der Waals surface area contributed by atoms with Gasteiger partial charge in [-0.1, -0.05) is 13.0 Å². The lowest BCUT2D eigenvalue weighted by Gasteiger charge is -2.06. The molecule has 0 bridgehead atoms. The van der Waals surface area contributed by atoms with Gasteiger partial charge < -0.3 is 10.1 Å². The van der Waals surface area contributed by atoms with E-state index in [4.69, 9.17) is 4.74 Å². The number of nitro benzene ring substituents is 1. The number of rotatable bonds is 7. The first kappa shape index (κ1) is 19.0. The minimum atomic E-state index is -1.08. The smallest absolute Gasteiger partial charge is 0.311 e. The Morgan fingerprint density at radius 2 is 2.00 bits per heavy atom. The molecule has 0 saturated heterocycles. The highest BCUT2D eigenvalue weighted by atomic mass is 19.2. The SMILES string of the molecule is CCCOc1ccc(/C=C/C(=O)Nc2ccc(F)c(F)c2)cc1[N+](=O)[O-]. The van der Waals surface area contributed by atoms with E-state index in [9.17, 15) is 23.7 Å². The maximum Gasteiger partial charge on any atom is 0.311 e. The molecule has 0 aliphatic carbocycles. The Morgan fingerprint density at radius 3 is 2.65 bits per heavy atom. The largest absolute Gasteiger partial charge is 0.487 e. The first-order valence-electron chi connectivity index (χ1n) is 7.76. The fourth-order valence-corrected chi connectivity index (χ4v) is 2.04. The molecular formula is C18H16F2N2O4. The first-order valence-corrected chi connectivity index (χ1v) is 7.76. The van der Waals surface area contributed by atoms with E-state index in [0.29, 0.717) is 18.6 Å². The van der Waals surface area contributed by atoms with E-state index >= 15 is 0 Å². The van der Waals surface area contributed by atoms with Gasteiger partial charge in [0.2, 0.25) is 5.91 Å². The van der Waals surface area contributed by atoms with Crippen LogP contribution in [0.4, 0.5) is 20.2 Å². The van der Waals surface area contributed by atoms with Crippen LogP contribution in [0, 0.1) is 21.7 Å². The third-order valence-electron chi connectivity index (χ3n) is 3.26. The zero-order valence-corrected chi connectivity index (χ0v) is 13.9. The molecule has 26 heavy (non-hydrogen) atoms. The minimum absolute atomic E-state index is 0.0906. The molecule has 1 N–H and O–H groups in total. The third kappa shape index (κ3) is 5.10. The monoisotopic (exact) mass is 362 g/mol. The van der Waals surface area contributed by atoms with Crippen molar-refractivity contribution >= 4 is 23.4 Å². The lowest BCUT2D eigenvalue weighted by Crippen LogP contribution is -2.08. The molecule has 0 spiro atoms. The number of benzene rings is 2. The molecule has 136 valence electrons. The van der Waals surface area contributed by atoms with Crippen LogP contribution < -0.4 is 10.1 Å². The maximum atomic E-state index is 13.1. The highest BCUT2D eigenvalue weighted by molar-refractivity contribution is 6.01. The van der Waals surface area contributed by atoms with Crippen molar-refractivity contribution in [2.45, 2.75) is 13.3 Å². The van der Waals surface area contributed by atoms with E-state index in [0.717, 1.165) is 18.2 Å². The Labute approximate surface area is 148 Å². The van der Waals surface area contributed by atoms with Crippen molar-refractivity contribution in [3.8, 4) is 5.75 Å². The van der Waals surface area contributed by atoms with Crippen LogP contribution in [0.2, 0.25) is 0 Å². The number of nitrogens with zero attached hydrogens (tertiary/aromatic N) is 1. The summed E-state index contributed by atoms with van der Waals surface area (Å²) in [6.07, 6.45) is 3.21. The van der Waals surface area contributed by atoms with Gasteiger partial charge in [-0.15, -0.1) is 0 Å². The Morgan fingerprint density at radius 1 is 1.23 bits per heavy atom. The van der Waals surface area contributed by atoms with Crippen LogP contribution in [-0.2, 0) is 4.79 Å². The predicted octanol–water partition coefficient (Wildman–Crippen LogP) is 4.31. The summed E-state index contributed by atoms with van der Waals surface area (Å²) in [5, 5.41) is 13.5. The van der Waals surface area contributed by atoms with Crippen LogP contribution in [0.5, 0.6) is 5.75 Å². The average molecular weight is 362 g/mol. The van der Waals surface area contributed by atoms with Crippen LogP contribution in [0.15, 0.2) is 42.5 Å². The predicted molar refractivity (Wildman–Crippen MR) is 92.9 cm³/mol. The number of carbonyl (C=O) groups excluding carboxylic acids is 1. The van der Waals surface area contributed by atoms with Crippen LogP contribution in [0.3, 0.4) is 0 Å². The van der Waals surface area contributed by atoms with Crippen molar-refractivity contribution in [3.63, 3.8) is 0 Å². The highest BCUT2D eigenvalue weighted by Gasteiger charge is 2.15. The quantitative estimate of drug-likeness (QED) is 0.452. The molecule has 0 saturated carbocycles. The van der Waals surface area contributed by atoms with E-state index in [1.54, 1.807) is 6.07 Å². The normalized spacial score (nSPS) is 10.7. The molecule has 6 nitrogen and oxygen atoms in total. The number of nitro groups is 1. The Bertz CT molecular complexity index is 853. The molecule has 0 aliphatic heterocycles. The van der Waals surface area contributed by atoms with Gasteiger partial charge in [-0.2, -0.15) is 0 Å². The lowest BCUT2D eigenvalue weighted by atomic mass is 10.1. The molecule has 0 fully saturated rings. The van der Waals surface area contributed by atoms with E-state index in [1.165, 1.54) is 24.3 Å². The van der Waals surface area contributed by atoms with Gasteiger partial charge in [0.05, 0.1) is 11.5 Å². The number of ether oxygens (including phenoxy) is 1. The number of amides is 1. The van der Waals surface area contributed by atoms with Gasteiger partial charge in [0.25, 0.3) is 0 Å². The third-order valence-corrected chi connectivity index (χ3v) is 3.26.